The number of imide groups is 1. The molecule has 2 aromatic carbocycles. The Labute approximate surface area is 168 Å². The van der Waals surface area contributed by atoms with Crippen LogP contribution in [0.3, 0.4) is 0 Å². The van der Waals surface area contributed by atoms with Gasteiger partial charge in [-0.3, -0.25) is 9.59 Å². The molecule has 6 heteroatoms. The predicted octanol–water partition coefficient (Wildman–Crippen LogP) is 5.16. The number of carbonyl (C=O) groups excluding carboxylic acids is 2. The van der Waals surface area contributed by atoms with E-state index in [0.717, 1.165) is 0 Å². The number of ether oxygens (including phenoxy) is 1. The summed E-state index contributed by atoms with van der Waals surface area (Å²) in [5.41, 5.74) is 1.60. The zero-order valence-corrected chi connectivity index (χ0v) is 16.9. The predicted molar refractivity (Wildman–Crippen MR) is 111 cm³/mol. The number of anilines is 1. The Hall–Kier alpha value is -2.24. The van der Waals surface area contributed by atoms with Crippen LogP contribution in [0.15, 0.2) is 53.4 Å². The molecule has 0 aromatic heterocycles. The maximum atomic E-state index is 13.2. The van der Waals surface area contributed by atoms with Gasteiger partial charge in [0.2, 0.25) is 0 Å². The first kappa shape index (κ1) is 19.5. The van der Waals surface area contributed by atoms with Gasteiger partial charge in [-0.15, -0.1) is 11.8 Å². The standard InChI is InChI=1S/C21H20ClNO3S/c1-4-27-19-18(14-8-10-15(22)11-9-14)20(24)23(21(19)25)16-6-5-7-17(12-16)26-13(2)3/h5-13H,4H2,1-3H3. The lowest BCUT2D eigenvalue weighted by atomic mass is 10.1. The second-order valence-corrected chi connectivity index (χ2v) is 7.96. The highest BCUT2D eigenvalue weighted by Crippen LogP contribution is 2.39. The molecule has 0 spiro atoms. The van der Waals surface area contributed by atoms with E-state index in [9.17, 15) is 9.59 Å². The molecule has 0 saturated heterocycles. The lowest BCUT2D eigenvalue weighted by Crippen LogP contribution is -2.31. The Morgan fingerprint density at radius 2 is 1.78 bits per heavy atom. The lowest BCUT2D eigenvalue weighted by molar-refractivity contribution is -0.119. The van der Waals surface area contributed by atoms with Gasteiger partial charge in [-0.1, -0.05) is 36.7 Å². The number of thioether (sulfide) groups is 1. The summed E-state index contributed by atoms with van der Waals surface area (Å²) in [4.78, 5) is 27.9. The highest BCUT2D eigenvalue weighted by atomic mass is 35.5. The number of halogens is 1. The fraction of sp³-hybridized carbons (Fsp3) is 0.238. The number of carbonyl (C=O) groups is 2. The van der Waals surface area contributed by atoms with Crippen molar-refractivity contribution in [2.24, 2.45) is 0 Å². The van der Waals surface area contributed by atoms with E-state index < -0.39 is 0 Å². The van der Waals surface area contributed by atoms with Crippen molar-refractivity contribution in [3.63, 3.8) is 0 Å². The Kier molecular flexibility index (Phi) is 5.92. The molecular weight excluding hydrogens is 382 g/mol. The first-order valence-electron chi connectivity index (χ1n) is 8.71. The van der Waals surface area contributed by atoms with Gasteiger partial charge in [-0.25, -0.2) is 4.90 Å². The molecule has 0 fully saturated rings. The van der Waals surface area contributed by atoms with Crippen LogP contribution in [0.4, 0.5) is 5.69 Å². The summed E-state index contributed by atoms with van der Waals surface area (Å²) in [5.74, 6) is 0.668. The van der Waals surface area contributed by atoms with E-state index in [4.69, 9.17) is 16.3 Å². The van der Waals surface area contributed by atoms with Crippen molar-refractivity contribution in [2.45, 2.75) is 26.9 Å². The minimum absolute atomic E-state index is 0.000748. The molecule has 27 heavy (non-hydrogen) atoms. The molecule has 2 amide bonds. The Morgan fingerprint density at radius 1 is 1.07 bits per heavy atom. The van der Waals surface area contributed by atoms with E-state index >= 15 is 0 Å². The van der Waals surface area contributed by atoms with Gasteiger partial charge in [0.25, 0.3) is 11.8 Å². The van der Waals surface area contributed by atoms with E-state index in [1.165, 1.54) is 16.7 Å². The number of amides is 2. The first-order chi connectivity index (χ1) is 12.9. The van der Waals surface area contributed by atoms with Crippen LogP contribution in [-0.4, -0.2) is 23.7 Å². The van der Waals surface area contributed by atoms with E-state index in [1.54, 1.807) is 42.5 Å². The minimum Gasteiger partial charge on any atom is -0.491 e. The summed E-state index contributed by atoms with van der Waals surface area (Å²) in [6, 6.07) is 14.0. The molecular formula is C21H20ClNO3S. The Morgan fingerprint density at radius 3 is 2.41 bits per heavy atom. The van der Waals surface area contributed by atoms with Gasteiger partial charge in [0.15, 0.2) is 0 Å². The number of nitrogens with zero attached hydrogens (tertiary/aromatic N) is 1. The van der Waals surface area contributed by atoms with Crippen LogP contribution in [-0.2, 0) is 9.59 Å². The van der Waals surface area contributed by atoms with Crippen LogP contribution in [0.5, 0.6) is 5.75 Å². The molecule has 0 unspecified atom stereocenters. The Bertz CT molecular complexity index is 906. The van der Waals surface area contributed by atoms with Crippen LogP contribution in [0.25, 0.3) is 5.57 Å². The van der Waals surface area contributed by atoms with Crippen molar-refractivity contribution < 1.29 is 14.3 Å². The molecule has 2 aromatic rings. The fourth-order valence-corrected chi connectivity index (χ4v) is 3.84. The molecule has 0 radical (unpaired) electrons. The molecule has 1 heterocycles. The molecule has 3 rings (SSSR count). The van der Waals surface area contributed by atoms with Gasteiger partial charge in [-0.2, -0.15) is 0 Å². The molecule has 1 aliphatic heterocycles. The molecule has 0 bridgehead atoms. The Balaban J connectivity index is 2.02. The van der Waals surface area contributed by atoms with Crippen molar-refractivity contribution in [3.8, 4) is 5.75 Å². The highest BCUT2D eigenvalue weighted by molar-refractivity contribution is 8.04. The topological polar surface area (TPSA) is 46.6 Å². The monoisotopic (exact) mass is 401 g/mol. The van der Waals surface area contributed by atoms with Gasteiger partial charge in [0.05, 0.1) is 22.3 Å². The summed E-state index contributed by atoms with van der Waals surface area (Å²) >= 11 is 7.34. The SMILES string of the molecule is CCSC1=C(c2ccc(Cl)cc2)C(=O)N(c2cccc(OC(C)C)c2)C1=O. The van der Waals surface area contributed by atoms with Crippen molar-refractivity contribution >= 4 is 46.4 Å². The molecule has 4 nitrogen and oxygen atoms in total. The van der Waals surface area contributed by atoms with Crippen molar-refractivity contribution in [1.29, 1.82) is 0 Å². The van der Waals surface area contributed by atoms with Gasteiger partial charge >= 0.3 is 0 Å². The maximum Gasteiger partial charge on any atom is 0.272 e. The molecule has 0 atom stereocenters. The van der Waals surface area contributed by atoms with Gasteiger partial charge in [0, 0.05) is 11.1 Å². The normalized spacial score (nSPS) is 14.5. The van der Waals surface area contributed by atoms with Crippen LogP contribution >= 0.6 is 23.4 Å². The van der Waals surface area contributed by atoms with Gasteiger partial charge in [0.1, 0.15) is 5.75 Å². The van der Waals surface area contributed by atoms with E-state index in [0.29, 0.717) is 38.3 Å². The highest BCUT2D eigenvalue weighted by Gasteiger charge is 2.40. The van der Waals surface area contributed by atoms with Crippen LogP contribution in [0, 0.1) is 0 Å². The number of benzene rings is 2. The summed E-state index contributed by atoms with van der Waals surface area (Å²) in [6.07, 6.45) is -0.000748. The third-order valence-corrected chi connectivity index (χ3v) is 5.12. The maximum absolute atomic E-state index is 13.2. The summed E-state index contributed by atoms with van der Waals surface area (Å²) in [6.45, 7) is 5.80. The third kappa shape index (κ3) is 4.04. The largest absolute Gasteiger partial charge is 0.491 e. The average Bonchev–Trinajstić information content (AvgIpc) is 2.86. The summed E-state index contributed by atoms with van der Waals surface area (Å²) < 4.78 is 5.70. The van der Waals surface area contributed by atoms with Gasteiger partial charge in [-0.05, 0) is 49.4 Å². The second-order valence-electron chi connectivity index (χ2n) is 6.25. The second kappa shape index (κ2) is 8.19. The molecule has 0 N–H and O–H groups in total. The third-order valence-electron chi connectivity index (χ3n) is 3.91. The molecule has 0 saturated carbocycles. The zero-order chi connectivity index (χ0) is 19.6. The molecule has 1 aliphatic rings. The molecule has 0 aliphatic carbocycles. The van der Waals surface area contributed by atoms with Crippen LogP contribution in [0.1, 0.15) is 26.3 Å². The van der Waals surface area contributed by atoms with E-state index in [-0.39, 0.29) is 17.9 Å². The van der Waals surface area contributed by atoms with Crippen molar-refractivity contribution in [3.05, 3.63) is 64.0 Å². The molecule has 140 valence electrons. The lowest BCUT2D eigenvalue weighted by Gasteiger charge is -2.17. The summed E-state index contributed by atoms with van der Waals surface area (Å²) in [7, 11) is 0. The van der Waals surface area contributed by atoms with E-state index in [1.807, 2.05) is 26.8 Å². The minimum atomic E-state index is -0.333. The quantitative estimate of drug-likeness (QED) is 0.627. The van der Waals surface area contributed by atoms with E-state index in [2.05, 4.69) is 0 Å². The van der Waals surface area contributed by atoms with Crippen molar-refractivity contribution in [2.75, 3.05) is 10.7 Å². The number of rotatable bonds is 6. The van der Waals surface area contributed by atoms with Crippen molar-refractivity contribution in [1.82, 2.24) is 0 Å². The average molecular weight is 402 g/mol. The number of hydrogen-bond acceptors (Lipinski definition) is 4. The number of hydrogen-bond donors (Lipinski definition) is 0. The van der Waals surface area contributed by atoms with Crippen LogP contribution in [0.2, 0.25) is 5.02 Å². The first-order valence-corrected chi connectivity index (χ1v) is 10.1. The zero-order valence-electron chi connectivity index (χ0n) is 15.4. The van der Waals surface area contributed by atoms with Crippen LogP contribution < -0.4 is 9.64 Å². The van der Waals surface area contributed by atoms with Gasteiger partial charge < -0.3 is 4.74 Å². The smallest absolute Gasteiger partial charge is 0.272 e. The summed E-state index contributed by atoms with van der Waals surface area (Å²) in [5, 5.41) is 0.580. The fourth-order valence-electron chi connectivity index (χ4n) is 2.86.